The Hall–Kier alpha value is -1.83. The Morgan fingerprint density at radius 3 is 2.42 bits per heavy atom. The highest BCUT2D eigenvalue weighted by molar-refractivity contribution is 7.98. The molecule has 0 aliphatic heterocycles. The molecule has 0 aliphatic rings. The maximum absolute atomic E-state index is 12.8. The van der Waals surface area contributed by atoms with Crippen LogP contribution in [0.4, 0.5) is 5.69 Å². The summed E-state index contributed by atoms with van der Waals surface area (Å²) in [6.45, 7) is 1.81. The lowest BCUT2D eigenvalue weighted by Gasteiger charge is -2.11. The molecule has 0 aliphatic carbocycles. The Labute approximate surface area is 146 Å². The highest BCUT2D eigenvalue weighted by atomic mass is 32.2. The lowest BCUT2D eigenvalue weighted by molar-refractivity contribution is -0.117. The first-order chi connectivity index (χ1) is 11.4. The Kier molecular flexibility index (Phi) is 6.04. The molecule has 2 aromatic carbocycles. The van der Waals surface area contributed by atoms with Crippen LogP contribution >= 0.6 is 11.8 Å². The molecule has 0 aromatic heterocycles. The van der Waals surface area contributed by atoms with Gasteiger partial charge in [-0.05, 0) is 49.1 Å². The molecule has 0 saturated carbocycles. The first-order valence-corrected chi connectivity index (χ1v) is 10.1. The first kappa shape index (κ1) is 18.5. The van der Waals surface area contributed by atoms with Gasteiger partial charge >= 0.3 is 0 Å². The van der Waals surface area contributed by atoms with Crippen molar-refractivity contribution in [1.29, 1.82) is 0 Å². The lowest BCUT2D eigenvalue weighted by Crippen LogP contribution is -2.34. The number of hydrogen-bond acceptors (Lipinski definition) is 5. The van der Waals surface area contributed by atoms with Crippen molar-refractivity contribution in [2.75, 3.05) is 11.6 Å². The van der Waals surface area contributed by atoms with E-state index in [0.29, 0.717) is 12.1 Å². The van der Waals surface area contributed by atoms with E-state index in [2.05, 4.69) is 5.32 Å². The second-order valence-electron chi connectivity index (χ2n) is 5.21. The molecule has 0 radical (unpaired) electrons. The van der Waals surface area contributed by atoms with Crippen LogP contribution in [-0.4, -0.2) is 26.6 Å². The highest BCUT2D eigenvalue weighted by Crippen LogP contribution is 2.26. The zero-order chi connectivity index (χ0) is 17.7. The molecule has 0 spiro atoms. The van der Waals surface area contributed by atoms with Crippen LogP contribution in [0.15, 0.2) is 63.2 Å². The van der Waals surface area contributed by atoms with Gasteiger partial charge in [0.15, 0.2) is 0 Å². The average molecular weight is 364 g/mol. The van der Waals surface area contributed by atoms with Gasteiger partial charge in [0.1, 0.15) is 0 Å². The van der Waals surface area contributed by atoms with Gasteiger partial charge in [-0.25, -0.2) is 8.42 Å². The summed E-state index contributed by atoms with van der Waals surface area (Å²) in [5.74, 6) is -0.337. The third kappa shape index (κ3) is 4.17. The van der Waals surface area contributed by atoms with E-state index >= 15 is 0 Å². The molecule has 1 unspecified atom stereocenters. The van der Waals surface area contributed by atoms with Crippen molar-refractivity contribution in [3.05, 3.63) is 48.5 Å². The number of amides is 1. The first-order valence-electron chi connectivity index (χ1n) is 7.44. The minimum atomic E-state index is -3.65. The summed E-state index contributed by atoms with van der Waals surface area (Å²) in [5.41, 5.74) is 6.09. The van der Waals surface area contributed by atoms with E-state index in [4.69, 9.17) is 5.73 Å². The molecule has 5 nitrogen and oxygen atoms in total. The second-order valence-corrected chi connectivity index (χ2v) is 8.04. The summed E-state index contributed by atoms with van der Waals surface area (Å²) in [4.78, 5) is 13.1. The van der Waals surface area contributed by atoms with Crippen molar-refractivity contribution < 1.29 is 13.2 Å². The standard InChI is InChI=1S/C17H20N2O3S2/c1-3-16(18)17(20)19-12-6-4-8-14(10-12)24(21,22)15-9-5-7-13(11-15)23-2/h4-11,16H,3,18H2,1-2H3,(H,19,20). The molecule has 2 rings (SSSR count). The van der Waals surface area contributed by atoms with Gasteiger partial charge in [0.2, 0.25) is 15.7 Å². The summed E-state index contributed by atoms with van der Waals surface area (Å²) in [6.07, 6.45) is 2.39. The molecule has 2 aromatic rings. The van der Waals surface area contributed by atoms with Crippen molar-refractivity contribution in [2.45, 2.75) is 34.1 Å². The fourth-order valence-electron chi connectivity index (χ4n) is 2.07. The zero-order valence-electron chi connectivity index (χ0n) is 13.5. The van der Waals surface area contributed by atoms with Gasteiger partial charge in [0.25, 0.3) is 0 Å². The fourth-order valence-corrected chi connectivity index (χ4v) is 3.95. The number of sulfone groups is 1. The number of hydrogen-bond donors (Lipinski definition) is 2. The third-order valence-electron chi connectivity index (χ3n) is 3.54. The van der Waals surface area contributed by atoms with Gasteiger partial charge in [-0.15, -0.1) is 11.8 Å². The minimum absolute atomic E-state index is 0.128. The van der Waals surface area contributed by atoms with E-state index in [1.165, 1.54) is 23.9 Å². The van der Waals surface area contributed by atoms with Crippen molar-refractivity contribution in [3.63, 3.8) is 0 Å². The molecule has 128 valence electrons. The average Bonchev–Trinajstić information content (AvgIpc) is 2.61. The summed E-state index contributed by atoms with van der Waals surface area (Å²) in [6, 6.07) is 12.3. The summed E-state index contributed by atoms with van der Waals surface area (Å²) >= 11 is 1.48. The van der Waals surface area contributed by atoms with Gasteiger partial charge in [0.05, 0.1) is 15.8 Å². The molecule has 0 fully saturated rings. The van der Waals surface area contributed by atoms with E-state index in [1.54, 1.807) is 30.3 Å². The Morgan fingerprint density at radius 1 is 1.17 bits per heavy atom. The number of benzene rings is 2. The maximum Gasteiger partial charge on any atom is 0.241 e. The van der Waals surface area contributed by atoms with E-state index in [-0.39, 0.29) is 15.7 Å². The Balaban J connectivity index is 2.34. The van der Waals surface area contributed by atoms with Crippen LogP contribution in [0.5, 0.6) is 0 Å². The largest absolute Gasteiger partial charge is 0.325 e. The minimum Gasteiger partial charge on any atom is -0.325 e. The van der Waals surface area contributed by atoms with Crippen LogP contribution in [0.1, 0.15) is 13.3 Å². The zero-order valence-corrected chi connectivity index (χ0v) is 15.2. The van der Waals surface area contributed by atoms with Gasteiger partial charge in [-0.1, -0.05) is 19.1 Å². The molecule has 1 amide bonds. The van der Waals surface area contributed by atoms with Gasteiger partial charge in [0, 0.05) is 10.6 Å². The number of carbonyl (C=O) groups excluding carboxylic acids is 1. The number of anilines is 1. The molecule has 0 saturated heterocycles. The van der Waals surface area contributed by atoms with Gasteiger partial charge in [-0.3, -0.25) is 4.79 Å². The molecule has 3 N–H and O–H groups in total. The summed E-state index contributed by atoms with van der Waals surface area (Å²) < 4.78 is 25.6. The molecular weight excluding hydrogens is 344 g/mol. The topological polar surface area (TPSA) is 89.3 Å². The molecule has 7 heteroatoms. The quantitative estimate of drug-likeness (QED) is 0.769. The fraction of sp³-hybridized carbons (Fsp3) is 0.235. The smallest absolute Gasteiger partial charge is 0.241 e. The monoisotopic (exact) mass is 364 g/mol. The summed E-state index contributed by atoms with van der Waals surface area (Å²) in [5, 5.41) is 2.65. The number of carbonyl (C=O) groups is 1. The normalized spacial score (nSPS) is 12.6. The molecule has 0 bridgehead atoms. The van der Waals surface area contributed by atoms with Crippen LogP contribution in [0.2, 0.25) is 0 Å². The number of nitrogens with two attached hydrogens (primary N) is 1. The lowest BCUT2D eigenvalue weighted by atomic mass is 10.2. The molecule has 24 heavy (non-hydrogen) atoms. The predicted molar refractivity (Wildman–Crippen MR) is 97.0 cm³/mol. The van der Waals surface area contributed by atoms with Crippen LogP contribution < -0.4 is 11.1 Å². The van der Waals surface area contributed by atoms with Crippen molar-refractivity contribution in [2.24, 2.45) is 5.73 Å². The molecule has 0 heterocycles. The van der Waals surface area contributed by atoms with E-state index in [1.807, 2.05) is 19.2 Å². The predicted octanol–water partition coefficient (Wildman–Crippen LogP) is 2.92. The van der Waals surface area contributed by atoms with E-state index in [9.17, 15) is 13.2 Å². The SMILES string of the molecule is CCC(N)C(=O)Nc1cccc(S(=O)(=O)c2cccc(SC)c2)c1. The second kappa shape index (κ2) is 7.83. The van der Waals surface area contributed by atoms with E-state index < -0.39 is 15.9 Å². The van der Waals surface area contributed by atoms with Crippen LogP contribution in [0, 0.1) is 0 Å². The number of thioether (sulfide) groups is 1. The van der Waals surface area contributed by atoms with Gasteiger partial charge in [-0.2, -0.15) is 0 Å². The van der Waals surface area contributed by atoms with Crippen LogP contribution in [0.3, 0.4) is 0 Å². The number of nitrogens with one attached hydrogen (secondary N) is 1. The third-order valence-corrected chi connectivity index (χ3v) is 6.01. The molecule has 1 atom stereocenters. The Bertz CT molecular complexity index is 835. The van der Waals surface area contributed by atoms with Crippen molar-refractivity contribution in [1.82, 2.24) is 0 Å². The maximum atomic E-state index is 12.8. The number of rotatable bonds is 6. The van der Waals surface area contributed by atoms with E-state index in [0.717, 1.165) is 4.90 Å². The summed E-state index contributed by atoms with van der Waals surface area (Å²) in [7, 11) is -3.65. The highest BCUT2D eigenvalue weighted by Gasteiger charge is 2.19. The molecular formula is C17H20N2O3S2. The van der Waals surface area contributed by atoms with Crippen LogP contribution in [-0.2, 0) is 14.6 Å². The van der Waals surface area contributed by atoms with Gasteiger partial charge < -0.3 is 11.1 Å². The van der Waals surface area contributed by atoms with Crippen molar-refractivity contribution >= 4 is 33.2 Å². The Morgan fingerprint density at radius 2 is 1.79 bits per heavy atom. The van der Waals surface area contributed by atoms with Crippen molar-refractivity contribution in [3.8, 4) is 0 Å². The van der Waals surface area contributed by atoms with Crippen LogP contribution in [0.25, 0.3) is 0 Å².